The first-order valence-electron chi connectivity index (χ1n) is 9.20. The monoisotopic (exact) mass is 452 g/mol. The number of aromatic hydroxyl groups is 4. The van der Waals surface area contributed by atoms with E-state index in [4.69, 9.17) is 14.2 Å². The Morgan fingerprint density at radius 1 is 0.844 bits per heavy atom. The number of carbonyl (C=O) groups is 2. The van der Waals surface area contributed by atoms with Crippen molar-refractivity contribution in [3.8, 4) is 23.0 Å². The van der Waals surface area contributed by atoms with E-state index in [2.05, 4.69) is 0 Å². The summed E-state index contributed by atoms with van der Waals surface area (Å²) in [6.45, 7) is -0.658. The normalized spacial score (nSPS) is 25.2. The number of ether oxygens (including phenoxy) is 3. The molecule has 0 bridgehead atoms. The molecule has 12 nitrogen and oxygen atoms in total. The van der Waals surface area contributed by atoms with Crippen LogP contribution in [0.1, 0.15) is 20.7 Å². The van der Waals surface area contributed by atoms with Crippen molar-refractivity contribution in [3.63, 3.8) is 0 Å². The van der Waals surface area contributed by atoms with Crippen LogP contribution in [0.5, 0.6) is 23.0 Å². The highest BCUT2D eigenvalue weighted by Gasteiger charge is 2.46. The number of hydrogen-bond donors (Lipinski definition) is 7. The molecule has 2 aromatic rings. The van der Waals surface area contributed by atoms with Gasteiger partial charge in [-0.3, -0.25) is 0 Å². The van der Waals surface area contributed by atoms with Gasteiger partial charge in [-0.25, -0.2) is 9.59 Å². The maximum Gasteiger partial charge on any atom is 0.338 e. The summed E-state index contributed by atoms with van der Waals surface area (Å²) < 4.78 is 15.0. The first kappa shape index (κ1) is 23.1. The highest BCUT2D eigenvalue weighted by molar-refractivity contribution is 5.91. The van der Waals surface area contributed by atoms with Crippen LogP contribution in [-0.4, -0.2) is 85.0 Å². The van der Waals surface area contributed by atoms with E-state index in [9.17, 15) is 45.3 Å². The van der Waals surface area contributed by atoms with Gasteiger partial charge in [-0.05, 0) is 36.4 Å². The summed E-state index contributed by atoms with van der Waals surface area (Å²) in [4.78, 5) is 24.3. The molecule has 0 amide bonds. The molecule has 5 atom stereocenters. The third kappa shape index (κ3) is 4.84. The number of phenols is 4. The zero-order valence-corrected chi connectivity index (χ0v) is 16.2. The van der Waals surface area contributed by atoms with Gasteiger partial charge in [0.1, 0.15) is 30.7 Å². The molecular weight excluding hydrogens is 432 g/mol. The quantitative estimate of drug-likeness (QED) is 0.223. The van der Waals surface area contributed by atoms with Crippen LogP contribution in [0.2, 0.25) is 0 Å². The first-order chi connectivity index (χ1) is 15.1. The van der Waals surface area contributed by atoms with Crippen LogP contribution in [0, 0.1) is 0 Å². The second kappa shape index (κ2) is 9.28. The molecule has 3 rings (SSSR count). The van der Waals surface area contributed by atoms with Gasteiger partial charge in [0.25, 0.3) is 0 Å². The summed E-state index contributed by atoms with van der Waals surface area (Å²) in [6, 6.07) is 6.62. The molecule has 1 heterocycles. The average Bonchev–Trinajstić information content (AvgIpc) is 2.76. The third-order valence-electron chi connectivity index (χ3n) is 4.69. The number of hydrogen-bond acceptors (Lipinski definition) is 12. The summed E-state index contributed by atoms with van der Waals surface area (Å²) in [5.74, 6) is -4.48. The molecule has 12 heteroatoms. The Labute approximate surface area is 180 Å². The molecule has 172 valence electrons. The predicted molar refractivity (Wildman–Crippen MR) is 102 cm³/mol. The Bertz CT molecular complexity index is 966. The fourth-order valence-electron chi connectivity index (χ4n) is 2.94. The van der Waals surface area contributed by atoms with E-state index in [0.29, 0.717) is 0 Å². The number of benzene rings is 2. The summed E-state index contributed by atoms with van der Waals surface area (Å²) in [6.07, 6.45) is -8.48. The van der Waals surface area contributed by atoms with E-state index < -0.39 is 66.5 Å². The van der Waals surface area contributed by atoms with Gasteiger partial charge in [0.05, 0.1) is 11.1 Å². The molecule has 2 aromatic carbocycles. The number of phenolic OH excluding ortho intramolecular Hbond substituents is 4. The van der Waals surface area contributed by atoms with Crippen LogP contribution in [0.3, 0.4) is 0 Å². The van der Waals surface area contributed by atoms with E-state index >= 15 is 0 Å². The summed E-state index contributed by atoms with van der Waals surface area (Å²) in [5.41, 5.74) is -0.321. The minimum atomic E-state index is -1.88. The molecular formula is C20H20O12. The maximum absolute atomic E-state index is 12.2. The van der Waals surface area contributed by atoms with E-state index in [-0.39, 0.29) is 16.9 Å². The molecule has 0 spiro atoms. The number of aliphatic hydroxyl groups excluding tert-OH is 3. The summed E-state index contributed by atoms with van der Waals surface area (Å²) in [5, 5.41) is 68.1. The molecule has 0 saturated carbocycles. The molecule has 1 aliphatic rings. The zero-order valence-electron chi connectivity index (χ0n) is 16.2. The van der Waals surface area contributed by atoms with Crippen molar-refractivity contribution in [2.45, 2.75) is 30.7 Å². The summed E-state index contributed by atoms with van der Waals surface area (Å²) >= 11 is 0. The molecule has 0 aromatic heterocycles. The number of esters is 2. The van der Waals surface area contributed by atoms with Crippen LogP contribution in [0.25, 0.3) is 0 Å². The molecule has 1 aliphatic heterocycles. The van der Waals surface area contributed by atoms with Crippen molar-refractivity contribution >= 4 is 11.9 Å². The Morgan fingerprint density at radius 2 is 1.44 bits per heavy atom. The molecule has 32 heavy (non-hydrogen) atoms. The lowest BCUT2D eigenvalue weighted by Crippen LogP contribution is -2.60. The van der Waals surface area contributed by atoms with Gasteiger partial charge in [-0.15, -0.1) is 0 Å². The lowest BCUT2D eigenvalue weighted by atomic mass is 9.99. The molecule has 7 N–H and O–H groups in total. The second-order valence-corrected chi connectivity index (χ2v) is 6.92. The van der Waals surface area contributed by atoms with Gasteiger partial charge in [0.2, 0.25) is 0 Å². The van der Waals surface area contributed by atoms with Crippen molar-refractivity contribution in [2.75, 3.05) is 6.61 Å². The molecule has 1 saturated heterocycles. The number of rotatable bonds is 5. The highest BCUT2D eigenvalue weighted by Crippen LogP contribution is 2.35. The third-order valence-corrected chi connectivity index (χ3v) is 4.69. The van der Waals surface area contributed by atoms with Crippen LogP contribution < -0.4 is 0 Å². The molecule has 0 aliphatic carbocycles. The standard InChI is InChI=1S/C20H20O12/c21-10-3-1-8(2-4-10)19(28)32-17-16(26)15(25)13(31-20(17)29)7-30-18(27)9-5-11(22)14(24)12(23)6-9/h1-6,13,15-17,20-26,29H,7H2/t13-,15-,16+,17-,20?/m1/s1. The smallest absolute Gasteiger partial charge is 0.338 e. The van der Waals surface area contributed by atoms with Gasteiger partial charge in [0.15, 0.2) is 29.6 Å². The lowest BCUT2D eigenvalue weighted by Gasteiger charge is -2.39. The van der Waals surface area contributed by atoms with Crippen molar-refractivity contribution in [3.05, 3.63) is 47.5 Å². The fourth-order valence-corrected chi connectivity index (χ4v) is 2.94. The zero-order chi connectivity index (χ0) is 23.6. The van der Waals surface area contributed by atoms with Gasteiger partial charge < -0.3 is 50.0 Å². The van der Waals surface area contributed by atoms with E-state index in [1.165, 1.54) is 24.3 Å². The molecule has 1 fully saturated rings. The Morgan fingerprint density at radius 3 is 2.03 bits per heavy atom. The van der Waals surface area contributed by atoms with Gasteiger partial charge in [-0.1, -0.05) is 0 Å². The van der Waals surface area contributed by atoms with E-state index in [1.54, 1.807) is 0 Å². The van der Waals surface area contributed by atoms with Crippen LogP contribution in [-0.2, 0) is 14.2 Å². The number of aliphatic hydroxyl groups is 3. The Hall–Kier alpha value is -3.58. The minimum Gasteiger partial charge on any atom is -0.508 e. The van der Waals surface area contributed by atoms with E-state index in [0.717, 1.165) is 12.1 Å². The second-order valence-electron chi connectivity index (χ2n) is 6.92. The largest absolute Gasteiger partial charge is 0.508 e. The molecule has 0 radical (unpaired) electrons. The Kier molecular flexibility index (Phi) is 6.69. The van der Waals surface area contributed by atoms with Crippen molar-refractivity contribution in [2.24, 2.45) is 0 Å². The summed E-state index contributed by atoms with van der Waals surface area (Å²) in [7, 11) is 0. The predicted octanol–water partition coefficient (Wildman–Crippen LogP) is -0.670. The van der Waals surface area contributed by atoms with E-state index in [1.807, 2.05) is 0 Å². The Balaban J connectivity index is 1.61. The van der Waals surface area contributed by atoms with Crippen LogP contribution in [0.15, 0.2) is 36.4 Å². The topological polar surface area (TPSA) is 203 Å². The van der Waals surface area contributed by atoms with Crippen LogP contribution in [0.4, 0.5) is 0 Å². The van der Waals surface area contributed by atoms with Gasteiger partial charge in [0, 0.05) is 0 Å². The molecule has 1 unspecified atom stereocenters. The maximum atomic E-state index is 12.2. The van der Waals surface area contributed by atoms with Gasteiger partial charge in [-0.2, -0.15) is 0 Å². The number of carbonyl (C=O) groups excluding carboxylic acids is 2. The minimum absolute atomic E-state index is 0.00754. The SMILES string of the molecule is O=C(OC[C@H]1OC(O)[C@H](OC(=O)c2ccc(O)cc2)[C@@H](O)[C@@H]1O)c1cc(O)c(O)c(O)c1. The van der Waals surface area contributed by atoms with Crippen molar-refractivity contribution in [1.82, 2.24) is 0 Å². The van der Waals surface area contributed by atoms with Crippen molar-refractivity contribution < 1.29 is 59.5 Å². The highest BCUT2D eigenvalue weighted by atomic mass is 16.7. The van der Waals surface area contributed by atoms with Crippen LogP contribution >= 0.6 is 0 Å². The first-order valence-corrected chi connectivity index (χ1v) is 9.20. The van der Waals surface area contributed by atoms with Gasteiger partial charge >= 0.3 is 11.9 Å². The average molecular weight is 452 g/mol. The lowest BCUT2D eigenvalue weighted by molar-refractivity contribution is -0.285. The fraction of sp³-hybridized carbons (Fsp3) is 0.300. The van der Waals surface area contributed by atoms with Crippen molar-refractivity contribution in [1.29, 1.82) is 0 Å².